The van der Waals surface area contributed by atoms with Crippen LogP contribution >= 0.6 is 15.9 Å². The predicted octanol–water partition coefficient (Wildman–Crippen LogP) is 4.07. The topological polar surface area (TPSA) is 21.3 Å². The first kappa shape index (κ1) is 13.8. The highest BCUT2D eigenvalue weighted by atomic mass is 79.9. The van der Waals surface area contributed by atoms with Crippen LogP contribution in [0, 0.1) is 17.8 Å². The number of fused-ring (bicyclic) bond motifs is 3. The van der Waals surface area contributed by atoms with Gasteiger partial charge < -0.3 is 10.1 Å². The Morgan fingerprint density at radius 3 is 3.00 bits per heavy atom. The van der Waals surface area contributed by atoms with Crippen LogP contribution in [-0.4, -0.2) is 12.6 Å². The average Bonchev–Trinajstić information content (AvgIpc) is 3.19. The van der Waals surface area contributed by atoms with Gasteiger partial charge in [0.2, 0.25) is 0 Å². The summed E-state index contributed by atoms with van der Waals surface area (Å²) in [6.45, 7) is 4.07. The molecule has 2 bridgehead atoms. The van der Waals surface area contributed by atoms with Gasteiger partial charge in [0, 0.05) is 29.0 Å². The Labute approximate surface area is 135 Å². The standard InChI is InChI=1S/C18H22BrNO/c1-11(17-7-12-2-3-13(17)6-12)20-10-15-9-16(19)8-14-4-5-21-18(14)15/h2-3,8-9,11-13,17,20H,4-7,10H2,1H3. The van der Waals surface area contributed by atoms with E-state index in [1.54, 1.807) is 0 Å². The fourth-order valence-corrected chi connectivity index (χ4v) is 4.85. The van der Waals surface area contributed by atoms with Crippen molar-refractivity contribution in [2.75, 3.05) is 6.61 Å². The Morgan fingerprint density at radius 2 is 2.24 bits per heavy atom. The molecule has 1 saturated carbocycles. The Balaban J connectivity index is 1.44. The van der Waals surface area contributed by atoms with Crippen molar-refractivity contribution in [2.24, 2.45) is 17.8 Å². The number of hydrogen-bond donors (Lipinski definition) is 1. The zero-order valence-electron chi connectivity index (χ0n) is 12.4. The SMILES string of the molecule is CC(NCc1cc(Br)cc2c1OCC2)C1CC2C=CC1C2. The van der Waals surface area contributed by atoms with Crippen LogP contribution in [0.2, 0.25) is 0 Å². The van der Waals surface area contributed by atoms with Crippen molar-refractivity contribution in [3.8, 4) is 5.75 Å². The third-order valence-electron chi connectivity index (χ3n) is 5.41. The van der Waals surface area contributed by atoms with Crippen LogP contribution in [0.5, 0.6) is 5.75 Å². The third-order valence-corrected chi connectivity index (χ3v) is 5.87. The molecule has 3 heteroatoms. The van der Waals surface area contributed by atoms with Gasteiger partial charge in [-0.05, 0) is 55.2 Å². The lowest BCUT2D eigenvalue weighted by atomic mass is 9.87. The summed E-state index contributed by atoms with van der Waals surface area (Å²) in [5.41, 5.74) is 2.64. The number of halogens is 1. The van der Waals surface area contributed by atoms with Crippen LogP contribution in [-0.2, 0) is 13.0 Å². The molecule has 2 nitrogen and oxygen atoms in total. The molecule has 0 amide bonds. The van der Waals surface area contributed by atoms with Crippen molar-refractivity contribution in [2.45, 2.75) is 38.8 Å². The maximum absolute atomic E-state index is 5.82. The number of nitrogens with one attached hydrogen (secondary N) is 1. The van der Waals surface area contributed by atoms with Gasteiger partial charge in [-0.25, -0.2) is 0 Å². The van der Waals surface area contributed by atoms with Crippen LogP contribution in [0.1, 0.15) is 30.9 Å². The second-order valence-corrected chi connectivity index (χ2v) is 7.68. The summed E-state index contributed by atoms with van der Waals surface area (Å²) in [5.74, 6) is 3.58. The molecular formula is C18H22BrNO. The van der Waals surface area contributed by atoms with E-state index in [4.69, 9.17) is 4.74 Å². The molecule has 1 fully saturated rings. The van der Waals surface area contributed by atoms with Crippen molar-refractivity contribution in [1.82, 2.24) is 5.32 Å². The fraction of sp³-hybridized carbons (Fsp3) is 0.556. The molecule has 0 radical (unpaired) electrons. The third kappa shape index (κ3) is 2.55. The number of hydrogen-bond acceptors (Lipinski definition) is 2. The first-order valence-corrected chi connectivity index (χ1v) is 8.86. The van der Waals surface area contributed by atoms with Gasteiger partial charge in [-0.3, -0.25) is 0 Å². The maximum Gasteiger partial charge on any atom is 0.127 e. The van der Waals surface area contributed by atoms with E-state index in [2.05, 4.69) is 52.5 Å². The minimum atomic E-state index is 0.570. The van der Waals surface area contributed by atoms with E-state index in [0.29, 0.717) is 6.04 Å². The summed E-state index contributed by atoms with van der Waals surface area (Å²) in [5, 5.41) is 3.75. The minimum absolute atomic E-state index is 0.570. The van der Waals surface area contributed by atoms with Crippen molar-refractivity contribution in [1.29, 1.82) is 0 Å². The van der Waals surface area contributed by atoms with E-state index in [9.17, 15) is 0 Å². The zero-order chi connectivity index (χ0) is 14.4. The van der Waals surface area contributed by atoms with Crippen LogP contribution in [0.25, 0.3) is 0 Å². The van der Waals surface area contributed by atoms with Gasteiger partial charge in [0.1, 0.15) is 5.75 Å². The van der Waals surface area contributed by atoms with Gasteiger partial charge in [-0.2, -0.15) is 0 Å². The number of rotatable bonds is 4. The molecule has 112 valence electrons. The Bertz CT molecular complexity index is 583. The van der Waals surface area contributed by atoms with Crippen molar-refractivity contribution >= 4 is 15.9 Å². The first-order chi connectivity index (χ1) is 10.2. The van der Waals surface area contributed by atoms with Crippen LogP contribution in [0.3, 0.4) is 0 Å². The Morgan fingerprint density at radius 1 is 1.33 bits per heavy atom. The van der Waals surface area contributed by atoms with E-state index in [-0.39, 0.29) is 0 Å². The van der Waals surface area contributed by atoms with E-state index in [1.807, 2.05) is 0 Å². The second-order valence-electron chi connectivity index (χ2n) is 6.77. The van der Waals surface area contributed by atoms with Gasteiger partial charge in [-0.1, -0.05) is 28.1 Å². The van der Waals surface area contributed by atoms with Gasteiger partial charge in [-0.15, -0.1) is 0 Å². The van der Waals surface area contributed by atoms with Crippen LogP contribution < -0.4 is 10.1 Å². The van der Waals surface area contributed by atoms with E-state index < -0.39 is 0 Å². The molecule has 4 atom stereocenters. The quantitative estimate of drug-likeness (QED) is 0.828. The molecule has 1 aromatic carbocycles. The molecular weight excluding hydrogens is 326 g/mol. The molecule has 1 N–H and O–H groups in total. The van der Waals surface area contributed by atoms with E-state index in [1.165, 1.54) is 28.4 Å². The number of allylic oxidation sites excluding steroid dienone is 2. The molecule has 4 unspecified atom stereocenters. The molecule has 21 heavy (non-hydrogen) atoms. The lowest BCUT2D eigenvalue weighted by Gasteiger charge is -2.26. The highest BCUT2D eigenvalue weighted by Crippen LogP contribution is 2.45. The van der Waals surface area contributed by atoms with Gasteiger partial charge >= 0.3 is 0 Å². The first-order valence-electron chi connectivity index (χ1n) is 8.06. The van der Waals surface area contributed by atoms with Crippen molar-refractivity contribution < 1.29 is 4.74 Å². The van der Waals surface area contributed by atoms with Gasteiger partial charge in [0.15, 0.2) is 0 Å². The van der Waals surface area contributed by atoms with Crippen molar-refractivity contribution in [3.63, 3.8) is 0 Å². The number of benzene rings is 1. The summed E-state index contributed by atoms with van der Waals surface area (Å²) in [6, 6.07) is 4.96. The fourth-order valence-electron chi connectivity index (χ4n) is 4.30. The zero-order valence-corrected chi connectivity index (χ0v) is 14.0. The van der Waals surface area contributed by atoms with Gasteiger partial charge in [0.05, 0.1) is 6.61 Å². The molecule has 4 rings (SSSR count). The molecule has 0 aromatic heterocycles. The summed E-state index contributed by atoms with van der Waals surface area (Å²) >= 11 is 3.62. The molecule has 1 heterocycles. The Kier molecular flexibility index (Phi) is 3.58. The largest absolute Gasteiger partial charge is 0.493 e. The normalized spacial score (nSPS) is 30.5. The smallest absolute Gasteiger partial charge is 0.127 e. The molecule has 1 aliphatic heterocycles. The highest BCUT2D eigenvalue weighted by molar-refractivity contribution is 9.10. The lowest BCUT2D eigenvalue weighted by molar-refractivity contribution is 0.321. The van der Waals surface area contributed by atoms with Crippen LogP contribution in [0.15, 0.2) is 28.8 Å². The number of ether oxygens (including phenoxy) is 1. The second kappa shape index (κ2) is 5.44. The predicted molar refractivity (Wildman–Crippen MR) is 88.5 cm³/mol. The lowest BCUT2D eigenvalue weighted by Crippen LogP contribution is -2.35. The molecule has 2 aliphatic carbocycles. The summed E-state index contributed by atoms with van der Waals surface area (Å²) in [4.78, 5) is 0. The van der Waals surface area contributed by atoms with E-state index in [0.717, 1.165) is 43.1 Å². The molecule has 0 saturated heterocycles. The highest BCUT2D eigenvalue weighted by Gasteiger charge is 2.38. The van der Waals surface area contributed by atoms with Crippen molar-refractivity contribution in [3.05, 3.63) is 39.9 Å². The average molecular weight is 348 g/mol. The molecule has 1 aromatic rings. The minimum Gasteiger partial charge on any atom is -0.493 e. The maximum atomic E-state index is 5.82. The summed E-state index contributed by atoms with van der Waals surface area (Å²) < 4.78 is 6.99. The van der Waals surface area contributed by atoms with Crippen LogP contribution in [0.4, 0.5) is 0 Å². The summed E-state index contributed by atoms with van der Waals surface area (Å²) in [7, 11) is 0. The molecule has 0 spiro atoms. The summed E-state index contributed by atoms with van der Waals surface area (Å²) in [6.07, 6.45) is 8.64. The monoisotopic (exact) mass is 347 g/mol. The van der Waals surface area contributed by atoms with Gasteiger partial charge in [0.25, 0.3) is 0 Å². The van der Waals surface area contributed by atoms with E-state index >= 15 is 0 Å². The molecule has 3 aliphatic rings. The Hall–Kier alpha value is -0.800.